The van der Waals surface area contributed by atoms with Crippen molar-refractivity contribution in [2.24, 2.45) is 0 Å². The van der Waals surface area contributed by atoms with Crippen LogP contribution in [0.4, 0.5) is 10.1 Å². The lowest BCUT2D eigenvalue weighted by atomic mass is 10.0. The van der Waals surface area contributed by atoms with Crippen LogP contribution in [0, 0.1) is 5.82 Å². The van der Waals surface area contributed by atoms with E-state index in [0.717, 1.165) is 11.3 Å². The van der Waals surface area contributed by atoms with E-state index in [1.807, 2.05) is 31.2 Å². The minimum atomic E-state index is -0.351. The summed E-state index contributed by atoms with van der Waals surface area (Å²) >= 11 is 0.557. The predicted octanol–water partition coefficient (Wildman–Crippen LogP) is 3.83. The molecule has 0 bridgehead atoms. The summed E-state index contributed by atoms with van der Waals surface area (Å²) in [5.74, 6) is -0.472. The van der Waals surface area contributed by atoms with Crippen molar-refractivity contribution in [2.45, 2.75) is 24.5 Å². The number of fused-ring (bicyclic) bond motifs is 1. The molecule has 8 nitrogen and oxygen atoms in total. The van der Waals surface area contributed by atoms with Gasteiger partial charge in [-0.2, -0.15) is 0 Å². The number of nitrogens with one attached hydrogen (secondary N) is 1. The third-order valence-electron chi connectivity index (χ3n) is 6.36. The van der Waals surface area contributed by atoms with Gasteiger partial charge in [-0.05, 0) is 49.4 Å². The van der Waals surface area contributed by atoms with Gasteiger partial charge < -0.3 is 19.3 Å². The molecular formula is C25H24FN5O3S. The van der Waals surface area contributed by atoms with Gasteiger partial charge in [-0.15, -0.1) is 0 Å². The Bertz CT molecular complexity index is 1440. The van der Waals surface area contributed by atoms with Gasteiger partial charge in [0.15, 0.2) is 0 Å². The van der Waals surface area contributed by atoms with E-state index in [4.69, 9.17) is 0 Å². The van der Waals surface area contributed by atoms with Crippen LogP contribution in [-0.4, -0.2) is 55.6 Å². The molecule has 180 valence electrons. The standard InChI is InChI=1S/C25H24FN5O3S/c1-16-14-29(21-8-7-18(26)12-19(21)17-6-9-23(35-34)27-13-17)10-11-30(16)24(32)15-31-22-5-3-2-4-20(22)28-25(31)33/h2-9,12-13,16,34H,10-11,14-15H2,1H3,(H,28,33). The minimum Gasteiger partial charge on any atom is -0.367 e. The van der Waals surface area contributed by atoms with Crippen LogP contribution >= 0.6 is 12.0 Å². The highest BCUT2D eigenvalue weighted by Gasteiger charge is 2.29. The third kappa shape index (κ3) is 4.54. The van der Waals surface area contributed by atoms with E-state index in [0.29, 0.717) is 53.3 Å². The maximum atomic E-state index is 14.1. The van der Waals surface area contributed by atoms with Crippen molar-refractivity contribution in [1.82, 2.24) is 19.4 Å². The smallest absolute Gasteiger partial charge is 0.326 e. The van der Waals surface area contributed by atoms with Crippen molar-refractivity contribution in [1.29, 1.82) is 0 Å². The van der Waals surface area contributed by atoms with E-state index in [1.165, 1.54) is 16.7 Å². The summed E-state index contributed by atoms with van der Waals surface area (Å²) in [7, 11) is 0. The lowest BCUT2D eigenvalue weighted by Crippen LogP contribution is -2.55. The Morgan fingerprint density at radius 3 is 2.77 bits per heavy atom. The van der Waals surface area contributed by atoms with Crippen LogP contribution in [-0.2, 0) is 11.3 Å². The summed E-state index contributed by atoms with van der Waals surface area (Å²) in [6.45, 7) is 3.54. The first-order chi connectivity index (χ1) is 16.9. The highest BCUT2D eigenvalue weighted by Crippen LogP contribution is 2.33. The van der Waals surface area contributed by atoms with Crippen molar-refractivity contribution >= 4 is 34.7 Å². The van der Waals surface area contributed by atoms with Crippen molar-refractivity contribution in [2.75, 3.05) is 24.5 Å². The molecule has 10 heteroatoms. The molecule has 0 radical (unpaired) electrons. The second-order valence-corrected chi connectivity index (χ2v) is 9.15. The molecule has 1 atom stereocenters. The van der Waals surface area contributed by atoms with Gasteiger partial charge in [0.05, 0.1) is 11.0 Å². The van der Waals surface area contributed by atoms with Gasteiger partial charge in [0.1, 0.15) is 17.4 Å². The first kappa shape index (κ1) is 23.1. The number of carbonyl (C=O) groups excluding carboxylic acids is 1. The topological polar surface area (TPSA) is 94.5 Å². The number of H-pyrrole nitrogens is 1. The zero-order chi connectivity index (χ0) is 24.5. The number of imidazole rings is 1. The van der Waals surface area contributed by atoms with E-state index < -0.39 is 0 Å². The largest absolute Gasteiger partial charge is 0.367 e. The second kappa shape index (κ2) is 9.55. The predicted molar refractivity (Wildman–Crippen MR) is 134 cm³/mol. The average Bonchev–Trinajstić information content (AvgIpc) is 3.18. The van der Waals surface area contributed by atoms with Crippen molar-refractivity contribution < 1.29 is 13.7 Å². The van der Waals surface area contributed by atoms with Crippen LogP contribution in [0.3, 0.4) is 0 Å². The number of rotatable bonds is 5. The summed E-state index contributed by atoms with van der Waals surface area (Å²) in [6, 6.07) is 15.3. The monoisotopic (exact) mass is 493 g/mol. The molecule has 4 aromatic rings. The number of halogens is 1. The van der Waals surface area contributed by atoms with Gasteiger partial charge >= 0.3 is 5.69 Å². The Morgan fingerprint density at radius 1 is 1.20 bits per heavy atom. The van der Waals surface area contributed by atoms with Gasteiger partial charge in [0, 0.05) is 60.7 Å². The number of amides is 1. The number of hydrogen-bond acceptors (Lipinski definition) is 6. The fraction of sp³-hybridized carbons (Fsp3) is 0.240. The molecule has 3 heterocycles. The normalized spacial score (nSPS) is 16.1. The molecular weight excluding hydrogens is 469 g/mol. The number of aromatic amines is 1. The first-order valence-corrected chi connectivity index (χ1v) is 12.0. The highest BCUT2D eigenvalue weighted by atomic mass is 32.2. The Labute approximate surface area is 205 Å². The van der Waals surface area contributed by atoms with Crippen molar-refractivity contribution in [3.63, 3.8) is 0 Å². The molecule has 1 saturated heterocycles. The summed E-state index contributed by atoms with van der Waals surface area (Å²) < 4.78 is 24.8. The zero-order valence-electron chi connectivity index (χ0n) is 19.0. The second-order valence-electron chi connectivity index (χ2n) is 8.55. The van der Waals surface area contributed by atoms with Crippen LogP contribution in [0.2, 0.25) is 0 Å². The third-order valence-corrected chi connectivity index (χ3v) is 6.79. The molecule has 2 N–H and O–H groups in total. The van der Waals surface area contributed by atoms with Crippen LogP contribution < -0.4 is 10.6 Å². The molecule has 2 aromatic carbocycles. The summed E-state index contributed by atoms with van der Waals surface area (Å²) in [5, 5.41) is 0.460. The van der Waals surface area contributed by atoms with Gasteiger partial charge in [0.25, 0.3) is 0 Å². The minimum absolute atomic E-state index is 0.0319. The SMILES string of the molecule is CC1CN(c2ccc(F)cc2-c2ccc(SO)nc2)CCN1C(=O)Cn1c(=O)[nH]c2ccccc21. The lowest BCUT2D eigenvalue weighted by Gasteiger charge is -2.41. The van der Waals surface area contributed by atoms with E-state index in [9.17, 15) is 18.5 Å². The Hall–Kier alpha value is -3.63. The van der Waals surface area contributed by atoms with E-state index in [1.54, 1.807) is 29.3 Å². The molecule has 0 saturated carbocycles. The van der Waals surface area contributed by atoms with Crippen molar-refractivity contribution in [3.8, 4) is 11.1 Å². The maximum absolute atomic E-state index is 14.1. The number of carbonyl (C=O) groups is 1. The van der Waals surface area contributed by atoms with Gasteiger partial charge in [-0.3, -0.25) is 9.36 Å². The van der Waals surface area contributed by atoms with Crippen LogP contribution in [0.5, 0.6) is 0 Å². The molecule has 1 aliphatic heterocycles. The zero-order valence-corrected chi connectivity index (χ0v) is 19.8. The summed E-state index contributed by atoms with van der Waals surface area (Å²) in [4.78, 5) is 36.5. The van der Waals surface area contributed by atoms with E-state index in [2.05, 4.69) is 14.9 Å². The average molecular weight is 494 g/mol. The maximum Gasteiger partial charge on any atom is 0.326 e. The van der Waals surface area contributed by atoms with Gasteiger partial charge in [-0.1, -0.05) is 12.1 Å². The molecule has 35 heavy (non-hydrogen) atoms. The number of aromatic nitrogens is 3. The molecule has 1 amide bonds. The van der Waals surface area contributed by atoms with E-state index >= 15 is 0 Å². The summed E-state index contributed by atoms with van der Waals surface area (Å²) in [5.41, 5.74) is 3.39. The van der Waals surface area contributed by atoms with Gasteiger partial charge in [0.2, 0.25) is 5.91 Å². The number of anilines is 1. The molecule has 2 aromatic heterocycles. The number of nitrogens with zero attached hydrogens (tertiary/aromatic N) is 4. The molecule has 1 fully saturated rings. The quantitative estimate of drug-likeness (QED) is 0.411. The van der Waals surface area contributed by atoms with Crippen LogP contribution in [0.1, 0.15) is 6.92 Å². The molecule has 1 aliphatic rings. The number of benzene rings is 2. The fourth-order valence-electron chi connectivity index (χ4n) is 4.65. The number of pyridine rings is 1. The lowest BCUT2D eigenvalue weighted by molar-refractivity contribution is -0.134. The van der Waals surface area contributed by atoms with E-state index in [-0.39, 0.29) is 30.0 Å². The molecule has 0 spiro atoms. The van der Waals surface area contributed by atoms with Crippen LogP contribution in [0.15, 0.2) is 70.6 Å². The summed E-state index contributed by atoms with van der Waals surface area (Å²) in [6.07, 6.45) is 1.61. The first-order valence-electron chi connectivity index (χ1n) is 11.2. The fourth-order valence-corrected chi connectivity index (χ4v) is 4.87. The highest BCUT2D eigenvalue weighted by molar-refractivity contribution is 7.93. The molecule has 1 unspecified atom stereocenters. The van der Waals surface area contributed by atoms with Crippen LogP contribution in [0.25, 0.3) is 22.2 Å². The number of piperazine rings is 1. The Morgan fingerprint density at radius 2 is 2.03 bits per heavy atom. The molecule has 0 aliphatic carbocycles. The number of hydrogen-bond donors (Lipinski definition) is 2. The molecule has 5 rings (SSSR count). The van der Waals surface area contributed by atoms with Gasteiger partial charge in [-0.25, -0.2) is 14.2 Å². The Balaban J connectivity index is 1.35. The Kier molecular flexibility index (Phi) is 6.31. The van der Waals surface area contributed by atoms with Crippen molar-refractivity contribution in [3.05, 3.63) is 77.1 Å². The number of para-hydroxylation sites is 2.